The van der Waals surface area contributed by atoms with E-state index >= 15 is 0 Å². The molecule has 0 spiro atoms. The average Bonchev–Trinajstić information content (AvgIpc) is 3.55. The van der Waals surface area contributed by atoms with E-state index in [2.05, 4.69) is 15.2 Å². The molecule has 0 radical (unpaired) electrons. The summed E-state index contributed by atoms with van der Waals surface area (Å²) in [4.78, 5) is 32.4. The van der Waals surface area contributed by atoms with E-state index < -0.39 is 0 Å². The molecule has 228 valence electrons. The topological polar surface area (TPSA) is 92.9 Å². The maximum atomic E-state index is 13.4. The van der Waals surface area contributed by atoms with Gasteiger partial charge in [-0.15, -0.1) is 11.8 Å². The van der Waals surface area contributed by atoms with Crippen LogP contribution < -0.4 is 20.3 Å². The molecule has 1 aromatic carbocycles. The highest BCUT2D eigenvalue weighted by molar-refractivity contribution is 7.98. The smallest absolute Gasteiger partial charge is 0.254 e. The van der Waals surface area contributed by atoms with Gasteiger partial charge in [-0.25, -0.2) is 0 Å². The largest absolute Gasteiger partial charge is 0.488 e. The highest BCUT2D eigenvalue weighted by Crippen LogP contribution is 2.48. The molecule has 42 heavy (non-hydrogen) atoms. The van der Waals surface area contributed by atoms with Crippen molar-refractivity contribution in [2.24, 2.45) is 11.8 Å². The average molecular weight is 616 g/mol. The van der Waals surface area contributed by atoms with Crippen molar-refractivity contribution in [3.63, 3.8) is 0 Å². The summed E-state index contributed by atoms with van der Waals surface area (Å²) in [6.07, 6.45) is 10.1. The molecule has 8 nitrogen and oxygen atoms in total. The van der Waals surface area contributed by atoms with Gasteiger partial charge in [0.2, 0.25) is 0 Å². The predicted octanol–water partition coefficient (Wildman–Crippen LogP) is 5.49. The first-order valence-electron chi connectivity index (χ1n) is 15.2. The molecular formula is C32H42ClN3O5S. The van der Waals surface area contributed by atoms with E-state index in [1.165, 1.54) is 37.6 Å². The van der Waals surface area contributed by atoms with E-state index in [4.69, 9.17) is 25.8 Å². The Morgan fingerprint density at radius 2 is 1.95 bits per heavy atom. The van der Waals surface area contributed by atoms with Crippen molar-refractivity contribution in [3.05, 3.63) is 49.9 Å². The summed E-state index contributed by atoms with van der Waals surface area (Å²) < 4.78 is 18.6. The van der Waals surface area contributed by atoms with Crippen LogP contribution in [0.15, 0.2) is 21.8 Å². The molecule has 4 heterocycles. The van der Waals surface area contributed by atoms with Crippen molar-refractivity contribution in [1.82, 2.24) is 15.2 Å². The molecule has 3 aliphatic heterocycles. The Morgan fingerprint density at radius 1 is 1.17 bits per heavy atom. The third-order valence-corrected chi connectivity index (χ3v) is 11.1. The molecular weight excluding hydrogens is 574 g/mol. The number of pyridine rings is 1. The zero-order chi connectivity index (χ0) is 29.5. The second-order valence-corrected chi connectivity index (χ2v) is 13.6. The number of aryl methyl sites for hydroxylation is 1. The monoisotopic (exact) mass is 615 g/mol. The van der Waals surface area contributed by atoms with Crippen LogP contribution >= 0.6 is 23.4 Å². The van der Waals surface area contributed by atoms with Crippen LogP contribution in [0.4, 0.5) is 0 Å². The van der Waals surface area contributed by atoms with Crippen molar-refractivity contribution >= 4 is 29.3 Å². The number of halogens is 1. The normalized spacial score (nSPS) is 29.0. The summed E-state index contributed by atoms with van der Waals surface area (Å²) in [7, 11) is 1.85. The summed E-state index contributed by atoms with van der Waals surface area (Å²) >= 11 is 8.19. The molecule has 4 atom stereocenters. The van der Waals surface area contributed by atoms with Gasteiger partial charge >= 0.3 is 0 Å². The lowest BCUT2D eigenvalue weighted by molar-refractivity contribution is -0.0283. The van der Waals surface area contributed by atoms with Crippen LogP contribution in [0.25, 0.3) is 0 Å². The van der Waals surface area contributed by atoms with Crippen LogP contribution in [0.5, 0.6) is 11.5 Å². The third-order valence-electron chi connectivity index (χ3n) is 9.98. The number of carbonyl (C=O) groups excluding carboxylic acids is 1. The van der Waals surface area contributed by atoms with Gasteiger partial charge in [0.25, 0.3) is 11.5 Å². The molecule has 7 rings (SSSR count). The van der Waals surface area contributed by atoms with Gasteiger partial charge in [0.1, 0.15) is 6.10 Å². The lowest BCUT2D eigenvalue weighted by atomic mass is 9.79. The Morgan fingerprint density at radius 3 is 2.67 bits per heavy atom. The zero-order valence-electron chi connectivity index (χ0n) is 25.0. The number of nitrogens with zero attached hydrogens (tertiary/aromatic N) is 1. The maximum Gasteiger partial charge on any atom is 0.254 e. The minimum Gasteiger partial charge on any atom is -0.488 e. The van der Waals surface area contributed by atoms with Gasteiger partial charge < -0.3 is 24.5 Å². The van der Waals surface area contributed by atoms with E-state index in [0.29, 0.717) is 69.8 Å². The van der Waals surface area contributed by atoms with Gasteiger partial charge in [-0.3, -0.25) is 14.5 Å². The number of ether oxygens (including phenoxy) is 3. The lowest BCUT2D eigenvalue weighted by Crippen LogP contribution is -2.48. The first-order chi connectivity index (χ1) is 20.3. The quantitative estimate of drug-likeness (QED) is 0.398. The molecule has 2 N–H and O–H groups in total. The van der Waals surface area contributed by atoms with Crippen LogP contribution in [0, 0.1) is 25.7 Å². The number of aromatic amines is 1. The Kier molecular flexibility index (Phi) is 8.83. The fourth-order valence-corrected chi connectivity index (χ4v) is 8.65. The number of H-pyrrole nitrogens is 1. The SMILES string of the molecule is COC1C2CC1N([C@H]1CC[C@@H]([C@H]3CCCOc4c(Cl)cc(C(=O)NCc5c(SC)cc(C)[nH]c5=O)c(C)c4O3)CC1)C2. The molecule has 4 fully saturated rings. The number of nitrogens with one attached hydrogen (secondary N) is 2. The van der Waals surface area contributed by atoms with Crippen LogP contribution in [-0.2, 0) is 11.3 Å². The van der Waals surface area contributed by atoms with Gasteiger partial charge in [0.15, 0.2) is 11.5 Å². The molecule has 10 heteroatoms. The van der Waals surface area contributed by atoms with Gasteiger partial charge in [0.05, 0.1) is 17.7 Å². The predicted molar refractivity (Wildman–Crippen MR) is 165 cm³/mol. The molecule has 1 aromatic heterocycles. The van der Waals surface area contributed by atoms with Crippen LogP contribution in [-0.4, -0.2) is 66.6 Å². The van der Waals surface area contributed by atoms with Crippen molar-refractivity contribution in [2.75, 3.05) is 26.5 Å². The van der Waals surface area contributed by atoms with Crippen molar-refractivity contribution in [2.45, 2.75) is 94.5 Å². The van der Waals surface area contributed by atoms with Gasteiger partial charge in [-0.2, -0.15) is 0 Å². The Labute approximate surface area is 257 Å². The van der Waals surface area contributed by atoms with Gasteiger partial charge in [0, 0.05) is 65.5 Å². The maximum absolute atomic E-state index is 13.4. The Bertz CT molecular complexity index is 1390. The summed E-state index contributed by atoms with van der Waals surface area (Å²) in [6, 6.07) is 4.82. The molecule has 2 aromatic rings. The highest BCUT2D eigenvalue weighted by Gasteiger charge is 2.54. The van der Waals surface area contributed by atoms with E-state index in [1.54, 1.807) is 6.07 Å². The lowest BCUT2D eigenvalue weighted by Gasteiger charge is -2.42. The number of hydrogen-bond acceptors (Lipinski definition) is 7. The fourth-order valence-electron chi connectivity index (χ4n) is 7.69. The van der Waals surface area contributed by atoms with Gasteiger partial charge in [-0.1, -0.05) is 11.6 Å². The highest BCUT2D eigenvalue weighted by atomic mass is 35.5. The number of hydrogen-bond donors (Lipinski definition) is 2. The molecule has 3 unspecified atom stereocenters. The first-order valence-corrected chi connectivity index (χ1v) is 16.8. The number of amides is 1. The zero-order valence-corrected chi connectivity index (χ0v) is 26.5. The number of methoxy groups -OCH3 is 1. The standard InChI is InChI=1S/C32H42ClN3O5S/c1-17-12-27(42-4)23(32(38)35-17)15-34-31(37)22-14-24(33)30-28(18(22)2)41-26(6-5-11-40-30)19-7-9-21(10-8-19)36-16-20-13-25(36)29(20)39-3/h12,14,19-21,25-26,29H,5-11,13,15-16H2,1-4H3,(H,34,37)(H,35,38)/t19-,20?,21+,25?,26-,29?/m1/s1. The van der Waals surface area contributed by atoms with E-state index in [-0.39, 0.29) is 24.1 Å². The number of carbonyl (C=O) groups is 1. The van der Waals surface area contributed by atoms with Crippen LogP contribution in [0.1, 0.15) is 72.1 Å². The number of rotatable bonds is 7. The molecule has 2 saturated carbocycles. The van der Waals surface area contributed by atoms with E-state index in [0.717, 1.165) is 36.3 Å². The molecule has 1 amide bonds. The summed E-state index contributed by atoms with van der Waals surface area (Å²) in [6.45, 7) is 5.60. The fraction of sp³-hybridized carbons (Fsp3) is 0.625. The second kappa shape index (κ2) is 12.4. The minimum absolute atomic E-state index is 0.0518. The van der Waals surface area contributed by atoms with Gasteiger partial charge in [-0.05, 0) is 83.1 Å². The van der Waals surface area contributed by atoms with Crippen molar-refractivity contribution in [3.8, 4) is 11.5 Å². The Balaban J connectivity index is 1.16. The summed E-state index contributed by atoms with van der Waals surface area (Å²) in [5.74, 6) is 1.96. The number of fused-ring (bicyclic) bond motifs is 2. The van der Waals surface area contributed by atoms with Crippen LogP contribution in [0.2, 0.25) is 5.02 Å². The summed E-state index contributed by atoms with van der Waals surface area (Å²) in [5.41, 5.74) is 2.27. The molecule has 2 saturated heterocycles. The second-order valence-electron chi connectivity index (χ2n) is 12.4. The first kappa shape index (κ1) is 29.9. The molecule has 2 bridgehead atoms. The Hall–Kier alpha value is -2.20. The summed E-state index contributed by atoms with van der Waals surface area (Å²) in [5, 5.41) is 3.30. The molecule has 5 aliphatic rings. The third kappa shape index (κ3) is 5.58. The number of benzene rings is 1. The van der Waals surface area contributed by atoms with Crippen LogP contribution in [0.3, 0.4) is 0 Å². The van der Waals surface area contributed by atoms with E-state index in [1.807, 2.05) is 33.3 Å². The molecule has 2 aliphatic carbocycles. The van der Waals surface area contributed by atoms with Crippen molar-refractivity contribution in [1.29, 1.82) is 0 Å². The van der Waals surface area contributed by atoms with Crippen molar-refractivity contribution < 1.29 is 19.0 Å². The minimum atomic E-state index is -0.301. The number of thioether (sulfide) groups is 1. The van der Waals surface area contributed by atoms with E-state index in [9.17, 15) is 9.59 Å². The number of aromatic nitrogens is 1.